The molecule has 11 bridgehead atoms. The highest BCUT2D eigenvalue weighted by Crippen LogP contribution is 2.50. The van der Waals surface area contributed by atoms with Gasteiger partial charge in [0.15, 0.2) is 29.9 Å². The number of aromatic hydroxyl groups is 3. The quantitative estimate of drug-likeness (QED) is 0.0670. The maximum atomic E-state index is 16.0. The van der Waals surface area contributed by atoms with Gasteiger partial charge >= 0.3 is 11.9 Å². The number of amides is 7. The molecule has 0 radical (unpaired) electrons. The van der Waals surface area contributed by atoms with Crippen LogP contribution < -0.4 is 62.9 Å². The van der Waals surface area contributed by atoms with Crippen LogP contribution in [0.25, 0.3) is 11.1 Å². The summed E-state index contributed by atoms with van der Waals surface area (Å²) in [6.45, 7) is 6.86. The smallest absolute Gasteiger partial charge is 0.332 e. The van der Waals surface area contributed by atoms with Gasteiger partial charge in [-0.1, -0.05) is 55.2 Å². The number of nitrogens with one attached hydrogen (secondary N) is 7. The van der Waals surface area contributed by atoms with Gasteiger partial charge in [-0.05, 0) is 117 Å². The Bertz CT molecular complexity index is 4250. The maximum absolute atomic E-state index is 16.0. The molecular formula is C69H81Cl2N9O27. The predicted molar refractivity (Wildman–Crippen MR) is 369 cm³/mol. The number of carbonyl (C=O) groups excluding carboxylic acids is 7. The van der Waals surface area contributed by atoms with Crippen molar-refractivity contribution >= 4 is 76.5 Å². The van der Waals surface area contributed by atoms with Crippen LogP contribution in [0.4, 0.5) is 0 Å². The predicted octanol–water partition coefficient (Wildman–Crippen LogP) is -0.442. The van der Waals surface area contributed by atoms with Crippen molar-refractivity contribution in [1.82, 2.24) is 37.2 Å². The summed E-state index contributed by atoms with van der Waals surface area (Å²) < 4.78 is 38.3. The minimum atomic E-state index is -2.35. The van der Waals surface area contributed by atoms with E-state index in [0.29, 0.717) is 0 Å². The Hall–Kier alpha value is -9.77. The molecule has 578 valence electrons. The van der Waals surface area contributed by atoms with Crippen molar-refractivity contribution in [2.75, 3.05) is 13.7 Å². The molecule has 7 aliphatic heterocycles. The third-order valence-corrected chi connectivity index (χ3v) is 18.7. The molecule has 2 fully saturated rings. The molecule has 5 aromatic rings. The lowest BCUT2D eigenvalue weighted by Crippen LogP contribution is -2.64. The first-order valence-corrected chi connectivity index (χ1v) is 33.9. The minimum absolute atomic E-state index is 0.0975. The molecule has 7 aliphatic rings. The number of likely N-dealkylation sites (N-methyl/N-ethyl adjacent to an activating group) is 1. The SMILES string of the molecule is CC(O)C(=O)O.CN[C@H](CC(C)C)C(=O)N[C@H]1C(=O)N[C@@H](CC(N)=O)C(=O)N[C@H]2C(=O)N[C@H]3C(=O)N[C@H](C(=O)N[C@H](C(=O)O)c4cc(O)cc(O)c4-c4cc3ccc4O)[C@H](O)c3ccc(c(Cl)c3)Oc3cc2cc(c3O[C@@H]2O[C@H](CO)[C@@H](O)[C@H](O)[C@H]2O[C@H]2C[C@](C)(N)[C@H](O)[C@H](C)O2)Oc2ccc(cc2Cl)[C@H]1O. The number of benzene rings is 5. The highest BCUT2D eigenvalue weighted by atomic mass is 35.5. The van der Waals surface area contributed by atoms with E-state index in [-0.39, 0.29) is 46.2 Å². The molecule has 0 aromatic heterocycles. The topological polar surface area (TPSA) is 588 Å². The summed E-state index contributed by atoms with van der Waals surface area (Å²) in [5.41, 5.74) is 8.00. The molecular weight excluding hydrogens is 1460 g/mol. The number of aliphatic hydroxyl groups excluding tert-OH is 7. The molecule has 1 unspecified atom stereocenters. The molecule has 12 rings (SSSR count). The first kappa shape index (κ1) is 81.3. The third-order valence-electron chi connectivity index (χ3n) is 18.1. The summed E-state index contributed by atoms with van der Waals surface area (Å²) >= 11 is 14.1. The number of carbonyl (C=O) groups is 9. The Kier molecular flexibility index (Phi) is 25.5. The second-order valence-electron chi connectivity index (χ2n) is 26.7. The van der Waals surface area contributed by atoms with Crippen molar-refractivity contribution in [3.63, 3.8) is 0 Å². The van der Waals surface area contributed by atoms with Crippen molar-refractivity contribution in [1.29, 1.82) is 0 Å². The van der Waals surface area contributed by atoms with Crippen molar-refractivity contribution in [2.24, 2.45) is 17.4 Å². The van der Waals surface area contributed by atoms with E-state index in [9.17, 15) is 79.8 Å². The minimum Gasteiger partial charge on any atom is -0.508 e. The van der Waals surface area contributed by atoms with Crippen LogP contribution in [0.5, 0.6) is 46.0 Å². The lowest BCUT2D eigenvalue weighted by molar-refractivity contribution is -0.333. The van der Waals surface area contributed by atoms with Crippen LogP contribution in [0.3, 0.4) is 0 Å². The zero-order chi connectivity index (χ0) is 78.7. The van der Waals surface area contributed by atoms with Crippen molar-refractivity contribution in [3.8, 4) is 57.1 Å². The summed E-state index contributed by atoms with van der Waals surface area (Å²) in [5.74, 6) is -17.2. The number of halogens is 2. The van der Waals surface area contributed by atoms with Gasteiger partial charge in [-0.15, -0.1) is 0 Å². The van der Waals surface area contributed by atoms with E-state index in [1.165, 1.54) is 40.0 Å². The highest BCUT2D eigenvalue weighted by Gasteiger charge is 2.52. The first-order valence-electron chi connectivity index (χ1n) is 33.2. The fourth-order valence-electron chi connectivity index (χ4n) is 12.5. The number of nitrogens with two attached hydrogens (primary N) is 2. The van der Waals surface area contributed by atoms with E-state index in [1.807, 2.05) is 13.8 Å². The van der Waals surface area contributed by atoms with E-state index < -0.39 is 249 Å². The van der Waals surface area contributed by atoms with Crippen LogP contribution in [0.1, 0.15) is 112 Å². The van der Waals surface area contributed by atoms with Gasteiger partial charge in [-0.3, -0.25) is 33.6 Å². The number of rotatable bonds is 14. The van der Waals surface area contributed by atoms with Crippen LogP contribution in [-0.2, 0) is 57.4 Å². The number of aliphatic hydroxyl groups is 7. The summed E-state index contributed by atoms with van der Waals surface area (Å²) in [6.07, 6.45) is -19.8. The normalized spacial score (nSPS) is 28.6. The fourth-order valence-corrected chi connectivity index (χ4v) is 12.9. The summed E-state index contributed by atoms with van der Waals surface area (Å²) in [6, 6.07) is -0.679. The number of carboxylic acids is 2. The molecule has 0 spiro atoms. The second kappa shape index (κ2) is 33.6. The zero-order valence-electron chi connectivity index (χ0n) is 57.7. The summed E-state index contributed by atoms with van der Waals surface area (Å²) in [7, 11) is 1.47. The van der Waals surface area contributed by atoms with Crippen LogP contribution >= 0.6 is 23.2 Å². The largest absolute Gasteiger partial charge is 0.508 e. The van der Waals surface area contributed by atoms with E-state index >= 15 is 14.4 Å². The van der Waals surface area contributed by atoms with Crippen LogP contribution in [0.15, 0.2) is 78.9 Å². The molecule has 2 saturated heterocycles. The monoisotopic (exact) mass is 1540 g/mol. The van der Waals surface area contributed by atoms with Crippen LogP contribution in [0.2, 0.25) is 10.0 Å². The Labute approximate surface area is 618 Å². The molecule has 38 heteroatoms. The van der Waals surface area contributed by atoms with Gasteiger partial charge in [0.25, 0.3) is 0 Å². The van der Waals surface area contributed by atoms with Gasteiger partial charge in [0.2, 0.25) is 53.4 Å². The van der Waals surface area contributed by atoms with Crippen molar-refractivity contribution in [3.05, 3.63) is 117 Å². The Morgan fingerprint density at radius 1 is 0.701 bits per heavy atom. The number of hydrogen-bond acceptors (Lipinski definition) is 27. The van der Waals surface area contributed by atoms with Gasteiger partial charge < -0.3 is 138 Å². The maximum Gasteiger partial charge on any atom is 0.332 e. The summed E-state index contributed by atoms with van der Waals surface area (Å²) in [5, 5.41) is 146. The van der Waals surface area contributed by atoms with Gasteiger partial charge in [-0.2, -0.15) is 0 Å². The molecule has 7 amide bonds. The number of phenols is 3. The lowest BCUT2D eigenvalue weighted by atomic mass is 9.86. The number of phenolic OH excluding ortho intramolecular Hbond substituents is 3. The third kappa shape index (κ3) is 18.3. The average Bonchev–Trinajstić information content (AvgIpc) is 0.768. The molecule has 36 nitrogen and oxygen atoms in total. The van der Waals surface area contributed by atoms with Crippen LogP contribution in [0, 0.1) is 5.92 Å². The molecule has 0 saturated carbocycles. The molecule has 23 N–H and O–H groups in total. The number of primary amides is 1. The van der Waals surface area contributed by atoms with E-state index in [1.54, 1.807) is 0 Å². The Balaban J connectivity index is 0.00000211. The highest BCUT2D eigenvalue weighted by molar-refractivity contribution is 6.32. The van der Waals surface area contributed by atoms with E-state index in [0.717, 1.165) is 66.7 Å². The van der Waals surface area contributed by atoms with Gasteiger partial charge in [0.1, 0.15) is 95.6 Å². The number of carboxylic acid groups (broad SMARTS) is 2. The first-order chi connectivity index (χ1) is 50.3. The number of fused-ring (bicyclic) bond motifs is 15. The van der Waals surface area contributed by atoms with Crippen molar-refractivity contribution < 1.29 is 133 Å². The van der Waals surface area contributed by atoms with E-state index in [4.69, 9.17) is 73.3 Å². The Morgan fingerprint density at radius 3 is 1.83 bits per heavy atom. The lowest BCUT2D eigenvalue weighted by Gasteiger charge is -2.47. The molecule has 107 heavy (non-hydrogen) atoms. The summed E-state index contributed by atoms with van der Waals surface area (Å²) in [4.78, 5) is 126. The molecule has 0 aliphatic carbocycles. The van der Waals surface area contributed by atoms with Gasteiger partial charge in [0, 0.05) is 34.7 Å². The van der Waals surface area contributed by atoms with E-state index in [2.05, 4.69) is 37.2 Å². The number of ether oxygens (including phenoxy) is 6. The fraction of sp³-hybridized carbons (Fsp3) is 0.435. The molecule has 7 heterocycles. The average molecular weight is 1540 g/mol. The zero-order valence-corrected chi connectivity index (χ0v) is 59.2. The Morgan fingerprint density at radius 2 is 1.28 bits per heavy atom. The van der Waals surface area contributed by atoms with Crippen LogP contribution in [-0.4, -0.2) is 213 Å². The number of aliphatic carboxylic acids is 2. The van der Waals surface area contributed by atoms with Gasteiger partial charge in [-0.25, -0.2) is 9.59 Å². The second-order valence-corrected chi connectivity index (χ2v) is 27.5. The van der Waals surface area contributed by atoms with Crippen molar-refractivity contribution in [2.45, 2.75) is 169 Å². The molecule has 5 aromatic carbocycles. The number of hydrogen-bond donors (Lipinski definition) is 21. The standard InChI is InChI=1S/C66H75Cl2N9O24.C3H6O3/c1-23(2)12-34(71-5)58(88)76-49-51(83)26-7-10-38(32(67)14-26)97-40-16-28-17-41(55(40)101-65-56(54(86)53(85)42(22-78)99-65)100-44-21-66(4,70)57(87)24(3)96-44)98-39-11-8-27(15-33(39)68)52(84)50-63(93)75-48(64(94)95)31-18-29(79)19-37(81)45(31)30-13-25(6-9-36(30)80)46(60(90)77-50)74-61(91)47(28)73-59(89)35(20-43(69)82)72-62(49)92;1-2(4)3(5)6/h6-11,13-19,23-24,34-35,42,44,46-54,56-57,65,71,78-81,83-87H,12,20-22,70H2,1-5H3,(H2,69,82)(H,72,92)(H,73,89)(H,74,91)(H,75,93)(H,76,88)(H,77,90)(H,94,95);2,4H,1H3,(H,5,6)/t24-,34+,35-,42+,44-,46+,47+,48-,49+,50-,51+,52+,53+,54-,56+,57+,65-,66-;/m0./s1. The molecule has 19 atom stereocenters. The van der Waals surface area contributed by atoms with Gasteiger partial charge in [0.05, 0.1) is 41.3 Å².